The maximum atomic E-state index is 13.4. The standard InChI is InChI=1S/C18H22FN/c1-4-14-6-8-15(9-7-14)18(20-5-2)16-10-11-17(19)13(3)12-16/h6-12,18,20H,4-5H2,1-3H3. The topological polar surface area (TPSA) is 12.0 Å². The van der Waals surface area contributed by atoms with E-state index in [0.29, 0.717) is 5.56 Å². The first-order valence-electron chi connectivity index (χ1n) is 7.24. The van der Waals surface area contributed by atoms with Gasteiger partial charge >= 0.3 is 0 Å². The summed E-state index contributed by atoms with van der Waals surface area (Å²) in [5.74, 6) is -0.148. The zero-order chi connectivity index (χ0) is 14.5. The van der Waals surface area contributed by atoms with Gasteiger partial charge in [0.1, 0.15) is 5.82 Å². The van der Waals surface area contributed by atoms with E-state index in [1.54, 1.807) is 6.07 Å². The lowest BCUT2D eigenvalue weighted by molar-refractivity contribution is 0.606. The Labute approximate surface area is 120 Å². The molecule has 20 heavy (non-hydrogen) atoms. The summed E-state index contributed by atoms with van der Waals surface area (Å²) in [6.45, 7) is 6.92. The average molecular weight is 271 g/mol. The van der Waals surface area contributed by atoms with Gasteiger partial charge in [0, 0.05) is 0 Å². The molecule has 1 atom stereocenters. The van der Waals surface area contributed by atoms with Crippen LogP contribution in [0.25, 0.3) is 0 Å². The van der Waals surface area contributed by atoms with Gasteiger partial charge in [0.05, 0.1) is 6.04 Å². The molecule has 0 radical (unpaired) electrons. The molecule has 0 saturated carbocycles. The van der Waals surface area contributed by atoms with Gasteiger partial charge in [-0.1, -0.05) is 50.2 Å². The van der Waals surface area contributed by atoms with Gasteiger partial charge in [0.2, 0.25) is 0 Å². The fraction of sp³-hybridized carbons (Fsp3) is 0.333. The molecule has 0 spiro atoms. The Kier molecular flexibility index (Phi) is 4.91. The van der Waals surface area contributed by atoms with Crippen molar-refractivity contribution >= 4 is 0 Å². The molecule has 2 heteroatoms. The lowest BCUT2D eigenvalue weighted by Gasteiger charge is -2.20. The molecule has 0 aromatic heterocycles. The molecule has 1 unspecified atom stereocenters. The smallest absolute Gasteiger partial charge is 0.126 e. The Balaban J connectivity index is 2.35. The summed E-state index contributed by atoms with van der Waals surface area (Å²) in [6, 6.07) is 14.1. The monoisotopic (exact) mass is 271 g/mol. The van der Waals surface area contributed by atoms with E-state index in [1.807, 2.05) is 19.1 Å². The molecule has 0 amide bonds. The number of hydrogen-bond acceptors (Lipinski definition) is 1. The summed E-state index contributed by atoms with van der Waals surface area (Å²) in [6.07, 6.45) is 1.04. The highest BCUT2D eigenvalue weighted by atomic mass is 19.1. The van der Waals surface area contributed by atoms with Gasteiger partial charge in [-0.15, -0.1) is 0 Å². The third kappa shape index (κ3) is 3.26. The van der Waals surface area contributed by atoms with Crippen molar-refractivity contribution in [1.29, 1.82) is 0 Å². The van der Waals surface area contributed by atoms with Crippen molar-refractivity contribution in [3.63, 3.8) is 0 Å². The van der Waals surface area contributed by atoms with Gasteiger partial charge in [0.15, 0.2) is 0 Å². The number of hydrogen-bond donors (Lipinski definition) is 1. The predicted molar refractivity (Wildman–Crippen MR) is 82.5 cm³/mol. The minimum Gasteiger partial charge on any atom is -0.307 e. The lowest BCUT2D eigenvalue weighted by Crippen LogP contribution is -2.22. The van der Waals surface area contributed by atoms with Crippen molar-refractivity contribution in [2.45, 2.75) is 33.2 Å². The molecule has 0 aliphatic carbocycles. The van der Waals surface area contributed by atoms with Gasteiger partial charge in [-0.05, 0) is 48.2 Å². The predicted octanol–water partition coefficient (Wildman–Crippen LogP) is 4.40. The first-order chi connectivity index (χ1) is 9.65. The van der Waals surface area contributed by atoms with Crippen LogP contribution >= 0.6 is 0 Å². The molecule has 0 bridgehead atoms. The quantitative estimate of drug-likeness (QED) is 0.850. The second-order valence-corrected chi connectivity index (χ2v) is 5.09. The van der Waals surface area contributed by atoms with Crippen LogP contribution in [0.2, 0.25) is 0 Å². The third-order valence-corrected chi connectivity index (χ3v) is 3.64. The fourth-order valence-corrected chi connectivity index (χ4v) is 2.43. The van der Waals surface area contributed by atoms with E-state index >= 15 is 0 Å². The second-order valence-electron chi connectivity index (χ2n) is 5.09. The molecule has 2 aromatic carbocycles. The highest BCUT2D eigenvalue weighted by molar-refractivity contribution is 5.35. The number of benzene rings is 2. The largest absolute Gasteiger partial charge is 0.307 e. The van der Waals surface area contributed by atoms with E-state index in [9.17, 15) is 4.39 Å². The normalized spacial score (nSPS) is 12.4. The summed E-state index contributed by atoms with van der Waals surface area (Å²) in [5.41, 5.74) is 4.35. The van der Waals surface area contributed by atoms with Crippen molar-refractivity contribution in [3.8, 4) is 0 Å². The molecule has 2 rings (SSSR count). The van der Waals surface area contributed by atoms with Crippen molar-refractivity contribution < 1.29 is 4.39 Å². The maximum absolute atomic E-state index is 13.4. The Hall–Kier alpha value is -1.67. The molecule has 0 aliphatic heterocycles. The summed E-state index contributed by atoms with van der Waals surface area (Å²) < 4.78 is 13.4. The molecule has 0 fully saturated rings. The summed E-state index contributed by atoms with van der Waals surface area (Å²) >= 11 is 0. The first-order valence-corrected chi connectivity index (χ1v) is 7.24. The number of aryl methyl sites for hydroxylation is 2. The van der Waals surface area contributed by atoms with Gasteiger partial charge in [-0.25, -0.2) is 4.39 Å². The highest BCUT2D eigenvalue weighted by Crippen LogP contribution is 2.24. The van der Waals surface area contributed by atoms with Gasteiger partial charge < -0.3 is 5.32 Å². The van der Waals surface area contributed by atoms with E-state index in [-0.39, 0.29) is 11.9 Å². The van der Waals surface area contributed by atoms with Crippen LogP contribution < -0.4 is 5.32 Å². The van der Waals surface area contributed by atoms with Gasteiger partial charge in [-0.3, -0.25) is 0 Å². The summed E-state index contributed by atoms with van der Waals surface area (Å²) in [4.78, 5) is 0. The number of rotatable bonds is 5. The minimum atomic E-state index is -0.148. The third-order valence-electron chi connectivity index (χ3n) is 3.64. The minimum absolute atomic E-state index is 0.116. The molecule has 0 saturated heterocycles. The van der Waals surface area contributed by atoms with Crippen molar-refractivity contribution in [1.82, 2.24) is 5.32 Å². The molecular formula is C18H22FN. The van der Waals surface area contributed by atoms with Crippen LogP contribution in [0.4, 0.5) is 4.39 Å². The lowest BCUT2D eigenvalue weighted by atomic mass is 9.96. The molecule has 0 aliphatic rings. The Morgan fingerprint density at radius 3 is 2.20 bits per heavy atom. The van der Waals surface area contributed by atoms with Gasteiger partial charge in [-0.2, -0.15) is 0 Å². The van der Waals surface area contributed by atoms with Crippen LogP contribution in [0.5, 0.6) is 0 Å². The zero-order valence-electron chi connectivity index (χ0n) is 12.4. The Bertz CT molecular complexity index is 560. The molecule has 2 aromatic rings. The Morgan fingerprint density at radius 2 is 1.65 bits per heavy atom. The van der Waals surface area contributed by atoms with Crippen molar-refractivity contribution in [3.05, 3.63) is 70.5 Å². The molecular weight excluding hydrogens is 249 g/mol. The summed E-state index contributed by atoms with van der Waals surface area (Å²) in [5, 5.41) is 3.48. The highest BCUT2D eigenvalue weighted by Gasteiger charge is 2.13. The Morgan fingerprint density at radius 1 is 1.00 bits per heavy atom. The van der Waals surface area contributed by atoms with Crippen LogP contribution in [0, 0.1) is 12.7 Å². The molecule has 106 valence electrons. The number of halogens is 1. The fourth-order valence-electron chi connectivity index (χ4n) is 2.43. The second kappa shape index (κ2) is 6.67. The maximum Gasteiger partial charge on any atom is 0.126 e. The molecule has 1 N–H and O–H groups in total. The van der Waals surface area contributed by atoms with Gasteiger partial charge in [0.25, 0.3) is 0 Å². The number of nitrogens with one attached hydrogen (secondary N) is 1. The summed E-state index contributed by atoms with van der Waals surface area (Å²) in [7, 11) is 0. The van der Waals surface area contributed by atoms with Crippen LogP contribution in [-0.4, -0.2) is 6.54 Å². The SMILES string of the molecule is CCNC(c1ccc(CC)cc1)c1ccc(F)c(C)c1. The van der Waals surface area contributed by atoms with E-state index < -0.39 is 0 Å². The van der Waals surface area contributed by atoms with E-state index in [0.717, 1.165) is 18.5 Å². The van der Waals surface area contributed by atoms with Crippen LogP contribution in [0.15, 0.2) is 42.5 Å². The first kappa shape index (κ1) is 14.7. The zero-order valence-corrected chi connectivity index (χ0v) is 12.4. The average Bonchev–Trinajstić information content (AvgIpc) is 2.48. The van der Waals surface area contributed by atoms with Crippen LogP contribution in [0.1, 0.15) is 42.1 Å². The van der Waals surface area contributed by atoms with Crippen molar-refractivity contribution in [2.75, 3.05) is 6.54 Å². The van der Waals surface area contributed by atoms with Crippen LogP contribution in [-0.2, 0) is 6.42 Å². The van der Waals surface area contributed by atoms with E-state index in [4.69, 9.17) is 0 Å². The molecule has 1 nitrogen and oxygen atoms in total. The van der Waals surface area contributed by atoms with E-state index in [1.165, 1.54) is 11.1 Å². The molecule has 0 heterocycles. The van der Waals surface area contributed by atoms with Crippen LogP contribution in [0.3, 0.4) is 0 Å². The van der Waals surface area contributed by atoms with E-state index in [2.05, 4.69) is 43.4 Å². The van der Waals surface area contributed by atoms with Crippen molar-refractivity contribution in [2.24, 2.45) is 0 Å².